The average molecular weight is 252 g/mol. The number of carbonyl (C=O) groups excluding carboxylic acids is 1. The van der Waals surface area contributed by atoms with Crippen molar-refractivity contribution in [3.8, 4) is 0 Å². The zero-order chi connectivity index (χ0) is 12.6. The molecule has 102 valence electrons. The van der Waals surface area contributed by atoms with E-state index in [0.29, 0.717) is 5.91 Å². The summed E-state index contributed by atoms with van der Waals surface area (Å²) in [5.41, 5.74) is 6.27. The van der Waals surface area contributed by atoms with Gasteiger partial charge in [0.2, 0.25) is 5.91 Å². The van der Waals surface area contributed by atoms with Gasteiger partial charge in [0, 0.05) is 37.1 Å². The topological polar surface area (TPSA) is 55.6 Å². The van der Waals surface area contributed by atoms with Crippen molar-refractivity contribution in [3.63, 3.8) is 0 Å². The maximum atomic E-state index is 12.5. The molecule has 0 aromatic rings. The van der Waals surface area contributed by atoms with Crippen LogP contribution in [0.2, 0.25) is 0 Å². The Morgan fingerprint density at radius 2 is 2.22 bits per heavy atom. The monoisotopic (exact) mass is 252 g/mol. The molecule has 0 bridgehead atoms. The molecule has 1 saturated carbocycles. The summed E-state index contributed by atoms with van der Waals surface area (Å²) in [5.74, 6) is 0.542. The molecule has 3 aliphatic rings. The van der Waals surface area contributed by atoms with Gasteiger partial charge in [-0.3, -0.25) is 4.79 Å². The maximum absolute atomic E-state index is 12.5. The molecular weight excluding hydrogens is 228 g/mol. The Kier molecular flexibility index (Phi) is 3.32. The predicted molar refractivity (Wildman–Crippen MR) is 69.0 cm³/mol. The first-order valence-corrected chi connectivity index (χ1v) is 7.31. The van der Waals surface area contributed by atoms with E-state index in [0.717, 1.165) is 64.8 Å². The van der Waals surface area contributed by atoms with Crippen LogP contribution in [0, 0.1) is 11.3 Å². The summed E-state index contributed by atoms with van der Waals surface area (Å²) >= 11 is 0. The Balaban J connectivity index is 1.60. The molecular formula is C14H24N2O2. The zero-order valence-corrected chi connectivity index (χ0v) is 11.1. The van der Waals surface area contributed by atoms with Crippen LogP contribution in [-0.4, -0.2) is 43.2 Å². The van der Waals surface area contributed by atoms with Gasteiger partial charge in [0.05, 0.1) is 6.61 Å². The van der Waals surface area contributed by atoms with E-state index < -0.39 is 0 Å². The van der Waals surface area contributed by atoms with E-state index in [4.69, 9.17) is 10.5 Å². The van der Waals surface area contributed by atoms with Crippen molar-refractivity contribution in [3.05, 3.63) is 0 Å². The second kappa shape index (κ2) is 4.82. The summed E-state index contributed by atoms with van der Waals surface area (Å²) < 4.78 is 5.51. The molecule has 1 aliphatic carbocycles. The molecule has 1 amide bonds. The van der Waals surface area contributed by atoms with Crippen molar-refractivity contribution in [2.45, 2.75) is 44.6 Å². The van der Waals surface area contributed by atoms with Crippen LogP contribution in [-0.2, 0) is 9.53 Å². The number of hydrogen-bond acceptors (Lipinski definition) is 3. The number of ether oxygens (including phenoxy) is 1. The summed E-state index contributed by atoms with van der Waals surface area (Å²) in [6.45, 7) is 3.56. The second-order valence-electron chi connectivity index (χ2n) is 6.44. The third-order valence-corrected chi connectivity index (χ3v) is 5.00. The minimum atomic E-state index is 0.186. The van der Waals surface area contributed by atoms with Gasteiger partial charge in [-0.2, -0.15) is 0 Å². The summed E-state index contributed by atoms with van der Waals surface area (Å²) in [6.07, 6.45) is 6.37. The average Bonchev–Trinajstić information content (AvgIpc) is 3.00. The molecule has 4 nitrogen and oxygen atoms in total. The van der Waals surface area contributed by atoms with Crippen LogP contribution in [0.4, 0.5) is 0 Å². The summed E-state index contributed by atoms with van der Waals surface area (Å²) in [7, 11) is 0. The molecule has 2 heterocycles. The number of nitrogens with two attached hydrogens (primary N) is 1. The first-order valence-electron chi connectivity index (χ1n) is 7.31. The minimum absolute atomic E-state index is 0.186. The summed E-state index contributed by atoms with van der Waals surface area (Å²) in [6, 6.07) is 0.235. The number of hydrogen-bond donors (Lipinski definition) is 1. The number of carbonyl (C=O) groups is 1. The highest BCUT2D eigenvalue weighted by molar-refractivity contribution is 5.79. The fourth-order valence-electron chi connectivity index (χ4n) is 3.80. The second-order valence-corrected chi connectivity index (χ2v) is 6.44. The lowest BCUT2D eigenvalue weighted by atomic mass is 9.85. The van der Waals surface area contributed by atoms with Crippen molar-refractivity contribution in [1.82, 2.24) is 4.90 Å². The van der Waals surface area contributed by atoms with Crippen LogP contribution < -0.4 is 5.73 Å². The van der Waals surface area contributed by atoms with Crippen LogP contribution in [0.25, 0.3) is 0 Å². The van der Waals surface area contributed by atoms with Gasteiger partial charge in [0.25, 0.3) is 0 Å². The largest absolute Gasteiger partial charge is 0.381 e. The molecule has 3 unspecified atom stereocenters. The van der Waals surface area contributed by atoms with Crippen molar-refractivity contribution in [2.24, 2.45) is 17.1 Å². The van der Waals surface area contributed by atoms with Crippen molar-refractivity contribution in [2.75, 3.05) is 26.3 Å². The Bertz CT molecular complexity index is 326. The molecule has 3 rings (SSSR count). The third kappa shape index (κ3) is 2.28. The molecule has 1 spiro atoms. The smallest absolute Gasteiger partial charge is 0.225 e. The van der Waals surface area contributed by atoms with E-state index in [-0.39, 0.29) is 17.4 Å². The van der Waals surface area contributed by atoms with Gasteiger partial charge in [0.1, 0.15) is 0 Å². The molecule has 2 aliphatic heterocycles. The normalized spacial score (nSPS) is 40.6. The van der Waals surface area contributed by atoms with Gasteiger partial charge in [-0.05, 0) is 32.1 Å². The Morgan fingerprint density at radius 3 is 2.94 bits per heavy atom. The fraction of sp³-hybridized carbons (Fsp3) is 0.929. The van der Waals surface area contributed by atoms with E-state index in [1.165, 1.54) is 0 Å². The quantitative estimate of drug-likeness (QED) is 0.761. The van der Waals surface area contributed by atoms with E-state index in [1.54, 1.807) is 0 Å². The zero-order valence-electron chi connectivity index (χ0n) is 11.1. The molecule has 4 heteroatoms. The Labute approximate surface area is 109 Å². The Hall–Kier alpha value is -0.610. The lowest BCUT2D eigenvalue weighted by Gasteiger charge is -2.30. The van der Waals surface area contributed by atoms with Gasteiger partial charge in [-0.25, -0.2) is 0 Å². The first-order chi connectivity index (χ1) is 8.69. The van der Waals surface area contributed by atoms with Crippen LogP contribution in [0.5, 0.6) is 0 Å². The number of likely N-dealkylation sites (tertiary alicyclic amines) is 1. The summed E-state index contributed by atoms with van der Waals surface area (Å²) in [5, 5.41) is 0. The molecule has 2 N–H and O–H groups in total. The van der Waals surface area contributed by atoms with Crippen LogP contribution in [0.1, 0.15) is 38.5 Å². The van der Waals surface area contributed by atoms with Crippen LogP contribution in [0.3, 0.4) is 0 Å². The molecule has 0 aromatic heterocycles. The lowest BCUT2D eigenvalue weighted by molar-refractivity contribution is -0.136. The lowest BCUT2D eigenvalue weighted by Crippen LogP contribution is -2.40. The molecule has 3 fully saturated rings. The van der Waals surface area contributed by atoms with Gasteiger partial charge in [-0.15, -0.1) is 0 Å². The van der Waals surface area contributed by atoms with Crippen molar-refractivity contribution < 1.29 is 9.53 Å². The Morgan fingerprint density at radius 1 is 1.33 bits per heavy atom. The van der Waals surface area contributed by atoms with E-state index >= 15 is 0 Å². The van der Waals surface area contributed by atoms with Gasteiger partial charge in [0.15, 0.2) is 0 Å². The predicted octanol–water partition coefficient (Wildman–Crippen LogP) is 1.14. The number of rotatable bonds is 1. The van der Waals surface area contributed by atoms with E-state index in [9.17, 15) is 4.79 Å². The molecule has 2 saturated heterocycles. The van der Waals surface area contributed by atoms with Gasteiger partial charge >= 0.3 is 0 Å². The highest BCUT2D eigenvalue weighted by Crippen LogP contribution is 2.39. The SMILES string of the molecule is NC1CCCC(C(=O)N2CCC3(CCOC3)C2)C1. The standard InChI is InChI=1S/C14H24N2O2/c15-12-3-1-2-11(8-12)13(17)16-6-4-14(9-16)5-7-18-10-14/h11-12H,1-10,15H2. The summed E-state index contributed by atoms with van der Waals surface area (Å²) in [4.78, 5) is 14.6. The maximum Gasteiger partial charge on any atom is 0.225 e. The minimum Gasteiger partial charge on any atom is -0.381 e. The molecule has 0 aromatic carbocycles. The van der Waals surface area contributed by atoms with Crippen LogP contribution in [0.15, 0.2) is 0 Å². The number of nitrogens with zero attached hydrogens (tertiary/aromatic N) is 1. The third-order valence-electron chi connectivity index (χ3n) is 5.00. The number of amides is 1. The van der Waals surface area contributed by atoms with Crippen molar-refractivity contribution in [1.29, 1.82) is 0 Å². The highest BCUT2D eigenvalue weighted by atomic mass is 16.5. The molecule has 3 atom stereocenters. The van der Waals surface area contributed by atoms with E-state index in [1.807, 2.05) is 0 Å². The van der Waals surface area contributed by atoms with E-state index in [2.05, 4.69) is 4.90 Å². The first kappa shape index (κ1) is 12.4. The van der Waals surface area contributed by atoms with Crippen LogP contribution >= 0.6 is 0 Å². The molecule has 0 radical (unpaired) electrons. The van der Waals surface area contributed by atoms with Gasteiger partial charge in [-0.1, -0.05) is 6.42 Å². The fourth-order valence-corrected chi connectivity index (χ4v) is 3.80. The molecule has 18 heavy (non-hydrogen) atoms. The van der Waals surface area contributed by atoms with Crippen molar-refractivity contribution >= 4 is 5.91 Å². The van der Waals surface area contributed by atoms with Gasteiger partial charge < -0.3 is 15.4 Å². The highest BCUT2D eigenvalue weighted by Gasteiger charge is 2.44.